The lowest BCUT2D eigenvalue weighted by Crippen LogP contribution is -2.48. The number of hydrogen-bond acceptors (Lipinski definition) is 4. The zero-order chi connectivity index (χ0) is 14.3. The van der Waals surface area contributed by atoms with Gasteiger partial charge in [-0.1, -0.05) is 0 Å². The normalized spacial score (nSPS) is 19.5. The fraction of sp³-hybridized carbons (Fsp3) is 0.583. The van der Waals surface area contributed by atoms with Crippen molar-refractivity contribution >= 4 is 11.4 Å². The van der Waals surface area contributed by atoms with E-state index in [1.54, 1.807) is 4.90 Å². The standard InChI is InChI=1S/C12H16F3N3O/c1-11(2)7-18(3-4-19-11)9-5-10(12(13,14)15)17-6-8(9)16/h5-6H,3-4,7,16H2,1-2H3. The lowest BCUT2D eigenvalue weighted by Gasteiger charge is -2.39. The summed E-state index contributed by atoms with van der Waals surface area (Å²) >= 11 is 0. The van der Waals surface area contributed by atoms with Gasteiger partial charge in [-0.05, 0) is 19.9 Å². The SMILES string of the molecule is CC1(C)CN(c2cc(C(F)(F)F)ncc2N)CCO1. The van der Waals surface area contributed by atoms with Crippen LogP contribution in [0.25, 0.3) is 0 Å². The molecule has 1 fully saturated rings. The average Bonchev–Trinajstić information content (AvgIpc) is 2.26. The van der Waals surface area contributed by atoms with Crippen LogP contribution < -0.4 is 10.6 Å². The van der Waals surface area contributed by atoms with Crippen molar-refractivity contribution in [1.82, 2.24) is 4.98 Å². The van der Waals surface area contributed by atoms with Gasteiger partial charge in [-0.25, -0.2) is 4.98 Å². The van der Waals surface area contributed by atoms with Crippen molar-refractivity contribution < 1.29 is 17.9 Å². The number of ether oxygens (including phenoxy) is 1. The van der Waals surface area contributed by atoms with E-state index in [0.717, 1.165) is 12.3 Å². The Morgan fingerprint density at radius 1 is 1.42 bits per heavy atom. The van der Waals surface area contributed by atoms with Gasteiger partial charge < -0.3 is 15.4 Å². The summed E-state index contributed by atoms with van der Waals surface area (Å²) in [6.07, 6.45) is -3.41. The zero-order valence-electron chi connectivity index (χ0n) is 10.8. The molecule has 0 bridgehead atoms. The third-order valence-corrected chi connectivity index (χ3v) is 2.97. The number of hydrogen-bond donors (Lipinski definition) is 1. The van der Waals surface area contributed by atoms with Crippen molar-refractivity contribution in [3.63, 3.8) is 0 Å². The maximum atomic E-state index is 12.7. The average molecular weight is 275 g/mol. The van der Waals surface area contributed by atoms with E-state index in [1.165, 1.54) is 0 Å². The molecule has 2 N–H and O–H groups in total. The Hall–Kier alpha value is -1.50. The predicted molar refractivity (Wildman–Crippen MR) is 65.9 cm³/mol. The molecule has 0 unspecified atom stereocenters. The summed E-state index contributed by atoms with van der Waals surface area (Å²) in [4.78, 5) is 5.13. The van der Waals surface area contributed by atoms with E-state index in [9.17, 15) is 13.2 Å². The minimum Gasteiger partial charge on any atom is -0.396 e. The lowest BCUT2D eigenvalue weighted by atomic mass is 10.1. The summed E-state index contributed by atoms with van der Waals surface area (Å²) in [7, 11) is 0. The predicted octanol–water partition coefficient (Wildman–Crippen LogP) is 2.30. The van der Waals surface area contributed by atoms with E-state index < -0.39 is 17.5 Å². The molecule has 4 nitrogen and oxygen atoms in total. The Labute approximate surface area is 109 Å². The summed E-state index contributed by atoms with van der Waals surface area (Å²) in [5, 5.41) is 0. The third-order valence-electron chi connectivity index (χ3n) is 2.97. The quantitative estimate of drug-likeness (QED) is 0.854. The molecule has 0 aromatic carbocycles. The highest BCUT2D eigenvalue weighted by Gasteiger charge is 2.34. The van der Waals surface area contributed by atoms with Crippen molar-refractivity contribution in [2.24, 2.45) is 0 Å². The van der Waals surface area contributed by atoms with Crippen LogP contribution in [0, 0.1) is 0 Å². The molecular weight excluding hydrogens is 259 g/mol. The van der Waals surface area contributed by atoms with Gasteiger partial charge in [0.1, 0.15) is 5.69 Å². The van der Waals surface area contributed by atoms with Gasteiger partial charge in [-0.2, -0.15) is 13.2 Å². The number of morpholine rings is 1. The Morgan fingerprint density at radius 2 is 2.11 bits per heavy atom. The summed E-state index contributed by atoms with van der Waals surface area (Å²) < 4.78 is 43.6. The zero-order valence-corrected chi connectivity index (χ0v) is 10.8. The van der Waals surface area contributed by atoms with Gasteiger partial charge in [0.2, 0.25) is 0 Å². The van der Waals surface area contributed by atoms with E-state index in [1.807, 2.05) is 13.8 Å². The molecule has 0 radical (unpaired) electrons. The minimum absolute atomic E-state index is 0.241. The number of nitrogens with two attached hydrogens (primary N) is 1. The lowest BCUT2D eigenvalue weighted by molar-refractivity contribution is -0.141. The Bertz CT molecular complexity index is 474. The molecule has 7 heteroatoms. The van der Waals surface area contributed by atoms with Gasteiger partial charge in [0.25, 0.3) is 0 Å². The molecule has 1 saturated heterocycles. The molecular formula is C12H16F3N3O. The molecule has 2 heterocycles. The molecule has 1 aromatic rings. The van der Waals surface area contributed by atoms with Gasteiger partial charge in [0.15, 0.2) is 0 Å². The van der Waals surface area contributed by atoms with Crippen LogP contribution in [0.5, 0.6) is 0 Å². The van der Waals surface area contributed by atoms with E-state index >= 15 is 0 Å². The molecule has 2 rings (SSSR count). The van der Waals surface area contributed by atoms with E-state index in [2.05, 4.69) is 4.98 Å². The van der Waals surface area contributed by atoms with Crippen LogP contribution in [-0.4, -0.2) is 30.3 Å². The van der Waals surface area contributed by atoms with Crippen LogP contribution in [0.3, 0.4) is 0 Å². The first-order valence-electron chi connectivity index (χ1n) is 5.91. The molecule has 1 aliphatic heterocycles. The number of halogens is 3. The Kier molecular flexibility index (Phi) is 3.34. The van der Waals surface area contributed by atoms with Crippen LogP contribution in [0.1, 0.15) is 19.5 Å². The summed E-state index contributed by atoms with van der Waals surface area (Å²) in [5.74, 6) is 0. The fourth-order valence-corrected chi connectivity index (χ4v) is 2.11. The molecule has 0 saturated carbocycles. The Balaban J connectivity index is 2.33. The molecule has 106 valence electrons. The first kappa shape index (κ1) is 13.9. The highest BCUT2D eigenvalue weighted by molar-refractivity contribution is 5.67. The van der Waals surface area contributed by atoms with Crippen molar-refractivity contribution in [2.75, 3.05) is 30.3 Å². The minimum atomic E-state index is -4.47. The van der Waals surface area contributed by atoms with Crippen LogP contribution in [-0.2, 0) is 10.9 Å². The van der Waals surface area contributed by atoms with E-state index in [0.29, 0.717) is 25.4 Å². The van der Waals surface area contributed by atoms with Gasteiger partial charge >= 0.3 is 6.18 Å². The highest BCUT2D eigenvalue weighted by Crippen LogP contribution is 2.34. The number of pyridine rings is 1. The summed E-state index contributed by atoms with van der Waals surface area (Å²) in [6.45, 7) is 5.23. The van der Waals surface area contributed by atoms with Gasteiger partial charge in [0, 0.05) is 13.1 Å². The smallest absolute Gasteiger partial charge is 0.396 e. The maximum absolute atomic E-state index is 12.7. The molecule has 0 aliphatic carbocycles. The maximum Gasteiger partial charge on any atom is 0.433 e. The van der Waals surface area contributed by atoms with Crippen LogP contribution in [0.2, 0.25) is 0 Å². The molecule has 0 atom stereocenters. The second-order valence-corrected chi connectivity index (χ2v) is 5.16. The second kappa shape index (κ2) is 4.56. The third kappa shape index (κ3) is 3.09. The van der Waals surface area contributed by atoms with Crippen molar-refractivity contribution in [2.45, 2.75) is 25.6 Å². The number of anilines is 2. The first-order chi connectivity index (χ1) is 8.69. The molecule has 1 aromatic heterocycles. The summed E-state index contributed by atoms with van der Waals surface area (Å²) in [6, 6.07) is 0.997. The second-order valence-electron chi connectivity index (χ2n) is 5.16. The number of nitrogens with zero attached hydrogens (tertiary/aromatic N) is 2. The van der Waals surface area contributed by atoms with Crippen molar-refractivity contribution in [3.8, 4) is 0 Å². The van der Waals surface area contributed by atoms with Crippen LogP contribution in [0.15, 0.2) is 12.3 Å². The van der Waals surface area contributed by atoms with Crippen molar-refractivity contribution in [3.05, 3.63) is 18.0 Å². The number of aromatic nitrogens is 1. The Morgan fingerprint density at radius 3 is 2.68 bits per heavy atom. The summed E-state index contributed by atoms with van der Waals surface area (Å²) in [5.41, 5.74) is 5.00. The van der Waals surface area contributed by atoms with Crippen LogP contribution >= 0.6 is 0 Å². The number of alkyl halides is 3. The molecule has 0 spiro atoms. The highest BCUT2D eigenvalue weighted by atomic mass is 19.4. The topological polar surface area (TPSA) is 51.4 Å². The monoisotopic (exact) mass is 275 g/mol. The number of nitrogen functional groups attached to an aromatic ring is 1. The van der Waals surface area contributed by atoms with Gasteiger partial charge in [-0.3, -0.25) is 0 Å². The van der Waals surface area contributed by atoms with Gasteiger partial charge in [-0.15, -0.1) is 0 Å². The van der Waals surface area contributed by atoms with E-state index in [4.69, 9.17) is 10.5 Å². The number of rotatable bonds is 1. The molecule has 0 amide bonds. The van der Waals surface area contributed by atoms with Crippen LogP contribution in [0.4, 0.5) is 24.5 Å². The van der Waals surface area contributed by atoms with Gasteiger partial charge in [0.05, 0.1) is 29.8 Å². The van der Waals surface area contributed by atoms with Crippen molar-refractivity contribution in [1.29, 1.82) is 0 Å². The fourth-order valence-electron chi connectivity index (χ4n) is 2.11. The molecule has 1 aliphatic rings. The molecule has 19 heavy (non-hydrogen) atoms. The first-order valence-corrected chi connectivity index (χ1v) is 5.91. The van der Waals surface area contributed by atoms with E-state index in [-0.39, 0.29) is 5.69 Å². The largest absolute Gasteiger partial charge is 0.433 e.